The van der Waals surface area contributed by atoms with Crippen molar-refractivity contribution in [1.82, 2.24) is 15.5 Å². The molecule has 2 heterocycles. The quantitative estimate of drug-likeness (QED) is 0.346. The van der Waals surface area contributed by atoms with Gasteiger partial charge in [0.05, 0.1) is 6.26 Å². The molecule has 1 saturated heterocycles. The number of aliphatic hydroxyl groups excluding tert-OH is 1. The van der Waals surface area contributed by atoms with Crippen molar-refractivity contribution in [2.24, 2.45) is 10.9 Å². The second kappa shape index (κ2) is 14.0. The maximum atomic E-state index is 9.37. The van der Waals surface area contributed by atoms with Crippen molar-refractivity contribution in [1.29, 1.82) is 0 Å². The normalized spacial score (nSPS) is 16.8. The largest absolute Gasteiger partial charge is 0.469 e. The molecule has 0 bridgehead atoms. The van der Waals surface area contributed by atoms with Gasteiger partial charge in [0.25, 0.3) is 0 Å². The molecule has 0 aliphatic carbocycles. The second-order valence-corrected chi connectivity index (χ2v) is 8.79. The second-order valence-electron chi connectivity index (χ2n) is 8.79. The van der Waals surface area contributed by atoms with E-state index >= 15 is 0 Å². The molecule has 1 atom stereocenters. The molecule has 0 saturated carbocycles. The third kappa shape index (κ3) is 8.67. The average Bonchev–Trinajstić information content (AvgIpc) is 3.33. The van der Waals surface area contributed by atoms with Gasteiger partial charge in [-0.3, -0.25) is 9.89 Å². The van der Waals surface area contributed by atoms with Crippen LogP contribution in [-0.2, 0) is 13.0 Å². The number of nitrogens with one attached hydrogen (secondary N) is 2. The minimum Gasteiger partial charge on any atom is -0.469 e. The Kier molecular flexibility index (Phi) is 10.6. The lowest BCUT2D eigenvalue weighted by Crippen LogP contribution is -2.49. The van der Waals surface area contributed by atoms with E-state index in [9.17, 15) is 5.11 Å². The van der Waals surface area contributed by atoms with E-state index in [0.29, 0.717) is 12.0 Å². The molecular weight excluding hydrogens is 400 g/mol. The molecule has 3 N–H and O–H groups in total. The molecule has 1 aliphatic rings. The molecule has 2 aromatic rings. The van der Waals surface area contributed by atoms with Crippen molar-refractivity contribution in [2.45, 2.75) is 58.0 Å². The monoisotopic (exact) mass is 440 g/mol. The maximum absolute atomic E-state index is 9.37. The third-order valence-electron chi connectivity index (χ3n) is 6.16. The van der Waals surface area contributed by atoms with Gasteiger partial charge in [0.2, 0.25) is 0 Å². The van der Waals surface area contributed by atoms with Crippen LogP contribution in [0.5, 0.6) is 0 Å². The Morgan fingerprint density at radius 2 is 1.97 bits per heavy atom. The number of hydrogen-bond acceptors (Lipinski definition) is 4. The number of guanidine groups is 1. The lowest BCUT2D eigenvalue weighted by atomic mass is 10.0. The zero-order chi connectivity index (χ0) is 22.4. The van der Waals surface area contributed by atoms with Crippen LogP contribution < -0.4 is 10.6 Å². The van der Waals surface area contributed by atoms with Crippen molar-refractivity contribution in [3.63, 3.8) is 0 Å². The van der Waals surface area contributed by atoms with Crippen LogP contribution in [0.15, 0.2) is 58.1 Å². The number of piperidine rings is 1. The van der Waals surface area contributed by atoms with Crippen LogP contribution in [0.1, 0.15) is 50.4 Å². The minimum absolute atomic E-state index is 0.231. The summed E-state index contributed by atoms with van der Waals surface area (Å²) in [7, 11) is 0. The van der Waals surface area contributed by atoms with E-state index in [1.54, 1.807) is 6.26 Å². The molecule has 1 fully saturated rings. The van der Waals surface area contributed by atoms with Crippen LogP contribution in [0.4, 0.5) is 0 Å². The van der Waals surface area contributed by atoms with Gasteiger partial charge in [0.1, 0.15) is 5.76 Å². The lowest BCUT2D eigenvalue weighted by molar-refractivity contribution is 0.198. The van der Waals surface area contributed by atoms with Crippen molar-refractivity contribution < 1.29 is 9.52 Å². The van der Waals surface area contributed by atoms with Crippen molar-refractivity contribution in [2.75, 3.05) is 32.8 Å². The summed E-state index contributed by atoms with van der Waals surface area (Å²) in [6.07, 6.45) is 7.81. The summed E-state index contributed by atoms with van der Waals surface area (Å²) in [5.74, 6) is 2.30. The van der Waals surface area contributed by atoms with Crippen LogP contribution in [0.2, 0.25) is 0 Å². The van der Waals surface area contributed by atoms with Gasteiger partial charge >= 0.3 is 0 Å². The van der Waals surface area contributed by atoms with Crippen molar-refractivity contribution in [3.05, 3.63) is 60.1 Å². The molecule has 176 valence electrons. The zero-order valence-corrected chi connectivity index (χ0v) is 19.5. The minimum atomic E-state index is 0.231. The highest BCUT2D eigenvalue weighted by molar-refractivity contribution is 5.80. The van der Waals surface area contributed by atoms with Gasteiger partial charge in [0.15, 0.2) is 5.96 Å². The van der Waals surface area contributed by atoms with E-state index in [1.165, 1.54) is 5.56 Å². The summed E-state index contributed by atoms with van der Waals surface area (Å²) in [5.41, 5.74) is 1.38. The molecule has 6 nitrogen and oxygen atoms in total. The molecule has 3 rings (SSSR count). The summed E-state index contributed by atoms with van der Waals surface area (Å²) in [6.45, 7) is 7.16. The molecule has 0 amide bonds. The molecule has 0 radical (unpaired) electrons. The van der Waals surface area contributed by atoms with E-state index in [1.807, 2.05) is 12.1 Å². The molecule has 1 aromatic carbocycles. The molecule has 1 unspecified atom stereocenters. The maximum Gasteiger partial charge on any atom is 0.191 e. The standard InChI is InChI=1S/C26H40N4O2/c1-2-7-22(14-18-31)20-28-26(27-15-11-25-10-6-19-32-25)29-24-12-16-30(17-13-24)21-23-8-4-3-5-9-23/h3-6,8-10,19,22,24,31H,2,7,11-18,20-21H2,1H3,(H2,27,28,29). The molecule has 1 aromatic heterocycles. The van der Waals surface area contributed by atoms with E-state index in [-0.39, 0.29) is 6.61 Å². The predicted octanol–water partition coefficient (Wildman–Crippen LogP) is 3.82. The Morgan fingerprint density at radius 1 is 1.16 bits per heavy atom. The van der Waals surface area contributed by atoms with Crippen LogP contribution in [-0.4, -0.2) is 54.8 Å². The van der Waals surface area contributed by atoms with Crippen molar-refractivity contribution in [3.8, 4) is 0 Å². The van der Waals surface area contributed by atoms with Gasteiger partial charge in [0, 0.05) is 51.8 Å². The highest BCUT2D eigenvalue weighted by Gasteiger charge is 2.20. The van der Waals surface area contributed by atoms with Gasteiger partial charge < -0.3 is 20.2 Å². The highest BCUT2D eigenvalue weighted by Crippen LogP contribution is 2.15. The first-order chi connectivity index (χ1) is 15.8. The SMILES string of the molecule is CCCC(CCO)CN=C(NCCc1ccco1)NC1CCN(Cc2ccccc2)CC1. The van der Waals surface area contributed by atoms with E-state index in [4.69, 9.17) is 9.41 Å². The van der Waals surface area contributed by atoms with Crippen LogP contribution in [0.25, 0.3) is 0 Å². The van der Waals surface area contributed by atoms with Crippen LogP contribution in [0, 0.1) is 5.92 Å². The van der Waals surface area contributed by atoms with E-state index < -0.39 is 0 Å². The fourth-order valence-electron chi connectivity index (χ4n) is 4.32. The molecule has 0 spiro atoms. The van der Waals surface area contributed by atoms with Gasteiger partial charge in [-0.05, 0) is 49.3 Å². The smallest absolute Gasteiger partial charge is 0.191 e. The summed E-state index contributed by atoms with van der Waals surface area (Å²) < 4.78 is 5.45. The van der Waals surface area contributed by atoms with Crippen LogP contribution >= 0.6 is 0 Å². The highest BCUT2D eigenvalue weighted by atomic mass is 16.3. The average molecular weight is 441 g/mol. The number of aliphatic hydroxyl groups is 1. The Hall–Kier alpha value is -2.31. The summed E-state index contributed by atoms with van der Waals surface area (Å²) in [5, 5.41) is 16.6. The molecular formula is C26H40N4O2. The first kappa shape index (κ1) is 24.3. The third-order valence-corrected chi connectivity index (χ3v) is 6.16. The number of rotatable bonds is 12. The Balaban J connectivity index is 1.50. The Labute approximate surface area is 193 Å². The zero-order valence-electron chi connectivity index (χ0n) is 19.5. The number of likely N-dealkylation sites (tertiary alicyclic amines) is 1. The van der Waals surface area contributed by atoms with Gasteiger partial charge in [-0.2, -0.15) is 0 Å². The Bertz CT molecular complexity index is 749. The van der Waals surface area contributed by atoms with Gasteiger partial charge in [-0.1, -0.05) is 43.7 Å². The topological polar surface area (TPSA) is 73.0 Å². The molecule has 1 aliphatic heterocycles. The first-order valence-corrected chi connectivity index (χ1v) is 12.2. The first-order valence-electron chi connectivity index (χ1n) is 12.2. The van der Waals surface area contributed by atoms with E-state index in [2.05, 4.69) is 52.8 Å². The van der Waals surface area contributed by atoms with E-state index in [0.717, 1.165) is 83.0 Å². The van der Waals surface area contributed by atoms with Crippen LogP contribution in [0.3, 0.4) is 0 Å². The lowest BCUT2D eigenvalue weighted by Gasteiger charge is -2.33. The summed E-state index contributed by atoms with van der Waals surface area (Å²) in [6, 6.07) is 15.1. The number of hydrogen-bond donors (Lipinski definition) is 3. The number of furan rings is 1. The van der Waals surface area contributed by atoms with Gasteiger partial charge in [-0.25, -0.2) is 0 Å². The Morgan fingerprint density at radius 3 is 2.66 bits per heavy atom. The summed E-state index contributed by atoms with van der Waals surface area (Å²) in [4.78, 5) is 7.44. The number of benzene rings is 1. The number of nitrogens with zero attached hydrogens (tertiary/aromatic N) is 2. The van der Waals surface area contributed by atoms with Gasteiger partial charge in [-0.15, -0.1) is 0 Å². The summed E-state index contributed by atoms with van der Waals surface area (Å²) >= 11 is 0. The number of aliphatic imine (C=N–C) groups is 1. The molecule has 6 heteroatoms. The fourth-order valence-corrected chi connectivity index (χ4v) is 4.32. The van der Waals surface area contributed by atoms with Crippen molar-refractivity contribution >= 4 is 5.96 Å². The fraction of sp³-hybridized carbons (Fsp3) is 0.577. The predicted molar refractivity (Wildman–Crippen MR) is 131 cm³/mol. The molecule has 32 heavy (non-hydrogen) atoms.